The van der Waals surface area contributed by atoms with E-state index >= 15 is 0 Å². The van der Waals surface area contributed by atoms with Crippen LogP contribution >= 0.6 is 0 Å². The highest BCUT2D eigenvalue weighted by Gasteiger charge is 2.16. The summed E-state index contributed by atoms with van der Waals surface area (Å²) in [5.41, 5.74) is 7.97. The number of benzene rings is 2. The molecule has 0 saturated carbocycles. The summed E-state index contributed by atoms with van der Waals surface area (Å²) >= 11 is 0. The predicted octanol–water partition coefficient (Wildman–Crippen LogP) is 2.72. The van der Waals surface area contributed by atoms with Crippen molar-refractivity contribution in [3.8, 4) is 17.2 Å². The second kappa shape index (κ2) is 6.96. The summed E-state index contributed by atoms with van der Waals surface area (Å²) < 4.78 is 12.7. The maximum Gasteiger partial charge on any atom is 0.255 e. The van der Waals surface area contributed by atoms with Crippen LogP contribution in [0.4, 0.5) is 11.4 Å². The van der Waals surface area contributed by atoms with Crippen LogP contribution in [0.25, 0.3) is 5.69 Å². The number of amides is 1. The highest BCUT2D eigenvalue weighted by molar-refractivity contribution is 6.05. The van der Waals surface area contributed by atoms with Crippen LogP contribution in [0.15, 0.2) is 55.1 Å². The Morgan fingerprint density at radius 2 is 1.88 bits per heavy atom. The van der Waals surface area contributed by atoms with Crippen molar-refractivity contribution in [3.63, 3.8) is 0 Å². The summed E-state index contributed by atoms with van der Waals surface area (Å²) in [5.74, 6) is 0.812. The van der Waals surface area contributed by atoms with Gasteiger partial charge in [-0.05, 0) is 18.2 Å². The molecule has 7 heteroatoms. The Hall–Kier alpha value is -3.48. The standard InChI is InChI=1S/C18H18N4O3/c1-24-15-9-14(21-18(23)12-4-3-5-13(19)8-12)10-16(25-2)17(15)22-7-6-20-11-22/h3-11H,19H2,1-2H3,(H,21,23). The molecule has 7 nitrogen and oxygen atoms in total. The van der Waals surface area contributed by atoms with E-state index in [4.69, 9.17) is 15.2 Å². The van der Waals surface area contributed by atoms with Gasteiger partial charge in [-0.15, -0.1) is 0 Å². The van der Waals surface area contributed by atoms with Crippen molar-refractivity contribution < 1.29 is 14.3 Å². The zero-order valence-electron chi connectivity index (χ0n) is 13.9. The third-order valence-electron chi connectivity index (χ3n) is 3.65. The van der Waals surface area contributed by atoms with Gasteiger partial charge in [-0.25, -0.2) is 4.98 Å². The SMILES string of the molecule is COc1cc(NC(=O)c2cccc(N)c2)cc(OC)c1-n1ccnc1. The molecule has 3 aromatic rings. The minimum Gasteiger partial charge on any atom is -0.494 e. The van der Waals surface area contributed by atoms with Crippen molar-refractivity contribution in [2.45, 2.75) is 0 Å². The number of ether oxygens (including phenoxy) is 2. The third kappa shape index (κ3) is 3.40. The number of rotatable bonds is 5. The molecule has 1 aromatic heterocycles. The molecule has 2 aromatic carbocycles. The molecule has 25 heavy (non-hydrogen) atoms. The van der Waals surface area contributed by atoms with Gasteiger partial charge in [0.1, 0.15) is 17.2 Å². The van der Waals surface area contributed by atoms with Crippen LogP contribution in [-0.2, 0) is 0 Å². The Labute approximate surface area is 145 Å². The molecule has 1 amide bonds. The maximum atomic E-state index is 12.4. The minimum atomic E-state index is -0.271. The Bertz CT molecular complexity index is 866. The average molecular weight is 338 g/mol. The molecule has 0 bridgehead atoms. The molecule has 3 N–H and O–H groups in total. The molecule has 128 valence electrons. The molecule has 0 saturated heterocycles. The Balaban J connectivity index is 1.96. The molecule has 0 radical (unpaired) electrons. The lowest BCUT2D eigenvalue weighted by Crippen LogP contribution is -2.13. The molecular formula is C18H18N4O3. The topological polar surface area (TPSA) is 91.4 Å². The molecule has 3 rings (SSSR count). The van der Waals surface area contributed by atoms with Crippen LogP contribution in [0.5, 0.6) is 11.5 Å². The van der Waals surface area contributed by atoms with E-state index in [-0.39, 0.29) is 5.91 Å². The van der Waals surface area contributed by atoms with E-state index in [0.29, 0.717) is 34.1 Å². The lowest BCUT2D eigenvalue weighted by Gasteiger charge is -2.16. The van der Waals surface area contributed by atoms with Gasteiger partial charge in [0.2, 0.25) is 0 Å². The van der Waals surface area contributed by atoms with E-state index in [2.05, 4.69) is 10.3 Å². The molecule has 0 unspecified atom stereocenters. The molecule has 1 heterocycles. The number of carbonyl (C=O) groups is 1. The number of nitrogens with two attached hydrogens (primary N) is 1. The first-order chi connectivity index (χ1) is 12.1. The van der Waals surface area contributed by atoms with Crippen LogP contribution in [0.1, 0.15) is 10.4 Å². The average Bonchev–Trinajstić information content (AvgIpc) is 3.15. The van der Waals surface area contributed by atoms with Gasteiger partial charge in [0, 0.05) is 41.5 Å². The number of imidazole rings is 1. The third-order valence-corrected chi connectivity index (χ3v) is 3.65. The monoisotopic (exact) mass is 338 g/mol. The number of hydrogen-bond donors (Lipinski definition) is 2. The van der Waals surface area contributed by atoms with Crippen molar-refractivity contribution >= 4 is 17.3 Å². The van der Waals surface area contributed by atoms with Gasteiger partial charge in [-0.1, -0.05) is 6.07 Å². The molecule has 0 aliphatic rings. The number of anilines is 2. The Morgan fingerprint density at radius 3 is 2.44 bits per heavy atom. The number of hydrogen-bond acceptors (Lipinski definition) is 5. The second-order valence-corrected chi connectivity index (χ2v) is 5.28. The molecular weight excluding hydrogens is 320 g/mol. The fourth-order valence-corrected chi connectivity index (χ4v) is 2.49. The maximum absolute atomic E-state index is 12.4. The van der Waals surface area contributed by atoms with Gasteiger partial charge in [0.25, 0.3) is 5.91 Å². The number of nitrogen functional groups attached to an aromatic ring is 1. The van der Waals surface area contributed by atoms with Crippen molar-refractivity contribution in [2.75, 3.05) is 25.3 Å². The van der Waals surface area contributed by atoms with E-state index in [9.17, 15) is 4.79 Å². The summed E-state index contributed by atoms with van der Waals surface area (Å²) in [6.45, 7) is 0. The first kappa shape index (κ1) is 16.4. The van der Waals surface area contributed by atoms with Crippen molar-refractivity contribution in [2.24, 2.45) is 0 Å². The van der Waals surface area contributed by atoms with Crippen LogP contribution in [0, 0.1) is 0 Å². The van der Waals surface area contributed by atoms with Gasteiger partial charge < -0.3 is 20.5 Å². The van der Waals surface area contributed by atoms with Gasteiger partial charge in [0.05, 0.1) is 20.5 Å². The lowest BCUT2D eigenvalue weighted by molar-refractivity contribution is 0.102. The normalized spacial score (nSPS) is 10.3. The number of nitrogens with zero attached hydrogens (tertiary/aromatic N) is 2. The molecule has 0 spiro atoms. The fourth-order valence-electron chi connectivity index (χ4n) is 2.49. The van der Waals surface area contributed by atoms with E-state index in [1.54, 1.807) is 73.9 Å². The van der Waals surface area contributed by atoms with Crippen molar-refractivity contribution in [3.05, 3.63) is 60.7 Å². The molecule has 0 aliphatic heterocycles. The smallest absolute Gasteiger partial charge is 0.255 e. The molecule has 0 atom stereocenters. The molecule has 0 aliphatic carbocycles. The zero-order chi connectivity index (χ0) is 17.8. The minimum absolute atomic E-state index is 0.271. The first-order valence-electron chi connectivity index (χ1n) is 7.53. The largest absolute Gasteiger partial charge is 0.494 e. The number of nitrogens with one attached hydrogen (secondary N) is 1. The summed E-state index contributed by atoms with van der Waals surface area (Å²) in [6.07, 6.45) is 5.09. The van der Waals surface area contributed by atoms with Crippen LogP contribution in [-0.4, -0.2) is 29.7 Å². The van der Waals surface area contributed by atoms with E-state index in [0.717, 1.165) is 0 Å². The van der Waals surface area contributed by atoms with Gasteiger partial charge in [0.15, 0.2) is 0 Å². The Morgan fingerprint density at radius 1 is 1.16 bits per heavy atom. The highest BCUT2D eigenvalue weighted by Crippen LogP contribution is 2.36. The fraction of sp³-hybridized carbons (Fsp3) is 0.111. The van der Waals surface area contributed by atoms with Gasteiger partial charge in [-0.2, -0.15) is 0 Å². The number of aromatic nitrogens is 2. The van der Waals surface area contributed by atoms with Crippen molar-refractivity contribution in [1.29, 1.82) is 0 Å². The highest BCUT2D eigenvalue weighted by atomic mass is 16.5. The summed E-state index contributed by atoms with van der Waals surface area (Å²) in [7, 11) is 3.11. The second-order valence-electron chi connectivity index (χ2n) is 5.28. The van der Waals surface area contributed by atoms with E-state index in [1.165, 1.54) is 0 Å². The van der Waals surface area contributed by atoms with E-state index in [1.807, 2.05) is 0 Å². The van der Waals surface area contributed by atoms with Crippen LogP contribution in [0.3, 0.4) is 0 Å². The zero-order valence-corrected chi connectivity index (χ0v) is 13.9. The quantitative estimate of drug-likeness (QED) is 0.698. The Kier molecular flexibility index (Phi) is 4.56. The summed E-state index contributed by atoms with van der Waals surface area (Å²) in [6, 6.07) is 10.2. The predicted molar refractivity (Wildman–Crippen MR) is 95.5 cm³/mol. The van der Waals surface area contributed by atoms with Crippen molar-refractivity contribution in [1.82, 2.24) is 9.55 Å². The van der Waals surface area contributed by atoms with Crippen LogP contribution in [0.2, 0.25) is 0 Å². The first-order valence-corrected chi connectivity index (χ1v) is 7.53. The summed E-state index contributed by atoms with van der Waals surface area (Å²) in [5, 5.41) is 2.83. The number of methoxy groups -OCH3 is 2. The van der Waals surface area contributed by atoms with Gasteiger partial charge in [-0.3, -0.25) is 9.36 Å². The lowest BCUT2D eigenvalue weighted by atomic mass is 10.1. The molecule has 0 fully saturated rings. The van der Waals surface area contributed by atoms with E-state index < -0.39 is 0 Å². The summed E-state index contributed by atoms with van der Waals surface area (Å²) in [4.78, 5) is 16.5. The van der Waals surface area contributed by atoms with Gasteiger partial charge >= 0.3 is 0 Å². The number of carbonyl (C=O) groups excluding carboxylic acids is 1. The van der Waals surface area contributed by atoms with Crippen LogP contribution < -0.4 is 20.5 Å².